The maximum Gasteiger partial charge on any atom is 0.223 e. The van der Waals surface area contributed by atoms with Crippen molar-refractivity contribution in [1.29, 1.82) is 0 Å². The maximum absolute atomic E-state index is 12.1. The zero-order valence-corrected chi connectivity index (χ0v) is 12.4. The summed E-state index contributed by atoms with van der Waals surface area (Å²) in [5, 5.41) is 0. The second-order valence-corrected chi connectivity index (χ2v) is 6.01. The molecule has 4 heteroatoms. The minimum Gasteiger partial charge on any atom is -0.332 e. The van der Waals surface area contributed by atoms with E-state index in [-0.39, 0.29) is 24.0 Å². The number of carbonyl (C=O) groups excluding carboxylic acids is 1. The minimum atomic E-state index is -0.000602. The van der Waals surface area contributed by atoms with Crippen molar-refractivity contribution < 1.29 is 4.79 Å². The lowest BCUT2D eigenvalue weighted by Gasteiger charge is -2.42. The van der Waals surface area contributed by atoms with Crippen LogP contribution in [0.2, 0.25) is 0 Å². The molecule has 18 heavy (non-hydrogen) atoms. The van der Waals surface area contributed by atoms with Crippen molar-refractivity contribution in [3.8, 4) is 0 Å². The van der Waals surface area contributed by atoms with E-state index in [4.69, 9.17) is 5.73 Å². The van der Waals surface area contributed by atoms with E-state index in [1.807, 2.05) is 43.0 Å². The molecule has 98 valence electrons. The summed E-state index contributed by atoms with van der Waals surface area (Å²) in [7, 11) is 0. The average Bonchev–Trinajstić information content (AvgIpc) is 2.32. The van der Waals surface area contributed by atoms with Crippen LogP contribution in [0, 0.1) is 0 Å². The molecule has 1 aliphatic heterocycles. The van der Waals surface area contributed by atoms with Crippen LogP contribution in [0.5, 0.6) is 0 Å². The van der Waals surface area contributed by atoms with Gasteiger partial charge in [-0.15, -0.1) is 0 Å². The van der Waals surface area contributed by atoms with E-state index in [9.17, 15) is 4.79 Å². The highest BCUT2D eigenvalue weighted by Gasteiger charge is 2.36. The number of rotatable bonds is 2. The number of hydrogen-bond donors (Lipinski definition) is 1. The number of likely N-dealkylation sites (tertiary alicyclic amines) is 1. The molecule has 3 nitrogen and oxygen atoms in total. The van der Waals surface area contributed by atoms with Crippen LogP contribution in [-0.2, 0) is 4.79 Å². The van der Waals surface area contributed by atoms with E-state index < -0.39 is 0 Å². The zero-order valence-electron chi connectivity index (χ0n) is 10.8. The SMILES string of the molecule is CC(C)N1C(=O)CCC(N)C1c1ccc(Br)cc1. The van der Waals surface area contributed by atoms with E-state index in [0.29, 0.717) is 6.42 Å². The monoisotopic (exact) mass is 310 g/mol. The van der Waals surface area contributed by atoms with Crippen LogP contribution < -0.4 is 5.73 Å². The fourth-order valence-electron chi connectivity index (χ4n) is 2.62. The Morgan fingerprint density at radius 1 is 1.33 bits per heavy atom. The first-order valence-corrected chi connectivity index (χ1v) is 7.12. The molecule has 0 bridgehead atoms. The quantitative estimate of drug-likeness (QED) is 0.913. The van der Waals surface area contributed by atoms with Gasteiger partial charge in [0.05, 0.1) is 6.04 Å². The highest BCUT2D eigenvalue weighted by Crippen LogP contribution is 2.33. The van der Waals surface area contributed by atoms with E-state index in [2.05, 4.69) is 15.9 Å². The van der Waals surface area contributed by atoms with Gasteiger partial charge in [0.15, 0.2) is 0 Å². The Hall–Kier alpha value is -0.870. The van der Waals surface area contributed by atoms with Gasteiger partial charge in [0.1, 0.15) is 0 Å². The molecule has 1 heterocycles. The first kappa shape index (κ1) is 13.6. The van der Waals surface area contributed by atoms with Gasteiger partial charge in [0.2, 0.25) is 5.91 Å². The van der Waals surface area contributed by atoms with E-state index >= 15 is 0 Å². The molecule has 0 radical (unpaired) electrons. The van der Waals surface area contributed by atoms with Gasteiger partial charge < -0.3 is 10.6 Å². The standard InChI is InChI=1S/C14H19BrN2O/c1-9(2)17-13(18)8-7-12(16)14(17)10-3-5-11(15)6-4-10/h3-6,9,12,14H,7-8,16H2,1-2H3. The van der Waals surface area contributed by atoms with Crippen molar-refractivity contribution in [2.24, 2.45) is 5.73 Å². The molecule has 1 saturated heterocycles. The van der Waals surface area contributed by atoms with Crippen LogP contribution in [0.15, 0.2) is 28.7 Å². The first-order valence-electron chi connectivity index (χ1n) is 6.33. The van der Waals surface area contributed by atoms with Crippen molar-refractivity contribution in [2.45, 2.75) is 44.8 Å². The number of amides is 1. The van der Waals surface area contributed by atoms with Crippen molar-refractivity contribution in [2.75, 3.05) is 0 Å². The summed E-state index contributed by atoms with van der Waals surface area (Å²) < 4.78 is 1.04. The fourth-order valence-corrected chi connectivity index (χ4v) is 2.88. The van der Waals surface area contributed by atoms with Gasteiger partial charge in [-0.05, 0) is 38.0 Å². The molecule has 0 saturated carbocycles. The summed E-state index contributed by atoms with van der Waals surface area (Å²) in [6.45, 7) is 4.09. The van der Waals surface area contributed by atoms with Gasteiger partial charge in [-0.3, -0.25) is 4.79 Å². The summed E-state index contributed by atoms with van der Waals surface area (Å²) in [4.78, 5) is 14.0. The molecule has 1 aromatic carbocycles. The predicted octanol–water partition coefficient (Wildman–Crippen LogP) is 2.85. The molecule has 0 aromatic heterocycles. The second-order valence-electron chi connectivity index (χ2n) is 5.09. The highest BCUT2D eigenvalue weighted by atomic mass is 79.9. The normalized spacial score (nSPS) is 24.7. The molecular weight excluding hydrogens is 292 g/mol. The van der Waals surface area contributed by atoms with Gasteiger partial charge >= 0.3 is 0 Å². The van der Waals surface area contributed by atoms with Crippen molar-refractivity contribution >= 4 is 21.8 Å². The lowest BCUT2D eigenvalue weighted by Crippen LogP contribution is -2.51. The number of nitrogens with two attached hydrogens (primary N) is 1. The smallest absolute Gasteiger partial charge is 0.223 e. The fraction of sp³-hybridized carbons (Fsp3) is 0.500. The van der Waals surface area contributed by atoms with Gasteiger partial charge in [-0.1, -0.05) is 28.1 Å². The van der Waals surface area contributed by atoms with Gasteiger partial charge in [-0.2, -0.15) is 0 Å². The van der Waals surface area contributed by atoms with Gasteiger partial charge in [0, 0.05) is 23.0 Å². The summed E-state index contributed by atoms with van der Waals surface area (Å²) in [6.07, 6.45) is 1.33. The lowest BCUT2D eigenvalue weighted by atomic mass is 9.89. The van der Waals surface area contributed by atoms with Crippen LogP contribution >= 0.6 is 15.9 Å². The Morgan fingerprint density at radius 3 is 2.50 bits per heavy atom. The molecule has 2 unspecified atom stereocenters. The number of hydrogen-bond acceptors (Lipinski definition) is 2. The zero-order chi connectivity index (χ0) is 13.3. The largest absolute Gasteiger partial charge is 0.332 e. The molecule has 1 amide bonds. The number of benzene rings is 1. The van der Waals surface area contributed by atoms with Crippen LogP contribution in [-0.4, -0.2) is 22.9 Å². The molecule has 1 aliphatic rings. The van der Waals surface area contributed by atoms with Crippen LogP contribution in [0.1, 0.15) is 38.3 Å². The minimum absolute atomic E-state index is 0.000602. The summed E-state index contributed by atoms with van der Waals surface area (Å²) in [5.41, 5.74) is 7.35. The highest BCUT2D eigenvalue weighted by molar-refractivity contribution is 9.10. The molecule has 2 N–H and O–H groups in total. The topological polar surface area (TPSA) is 46.3 Å². The molecular formula is C14H19BrN2O. The molecule has 1 fully saturated rings. The second kappa shape index (κ2) is 5.41. The van der Waals surface area contributed by atoms with Crippen LogP contribution in [0.3, 0.4) is 0 Å². The van der Waals surface area contributed by atoms with Crippen molar-refractivity contribution in [3.05, 3.63) is 34.3 Å². The lowest BCUT2D eigenvalue weighted by molar-refractivity contribution is -0.139. The average molecular weight is 311 g/mol. The molecule has 2 atom stereocenters. The maximum atomic E-state index is 12.1. The number of nitrogens with zero attached hydrogens (tertiary/aromatic N) is 1. The van der Waals surface area contributed by atoms with Crippen molar-refractivity contribution in [1.82, 2.24) is 4.90 Å². The molecule has 0 aliphatic carbocycles. The Balaban J connectivity index is 2.36. The number of piperidine rings is 1. The van der Waals surface area contributed by atoms with Crippen molar-refractivity contribution in [3.63, 3.8) is 0 Å². The summed E-state index contributed by atoms with van der Waals surface area (Å²) in [5.74, 6) is 0.208. The van der Waals surface area contributed by atoms with Gasteiger partial charge in [-0.25, -0.2) is 0 Å². The summed E-state index contributed by atoms with van der Waals surface area (Å²) >= 11 is 3.43. The molecule has 2 rings (SSSR count). The van der Waals surface area contributed by atoms with Crippen LogP contribution in [0.4, 0.5) is 0 Å². The van der Waals surface area contributed by atoms with Gasteiger partial charge in [0.25, 0.3) is 0 Å². The number of halogens is 1. The third-order valence-electron chi connectivity index (χ3n) is 3.45. The number of carbonyl (C=O) groups is 1. The Labute approximate surface area is 116 Å². The van der Waals surface area contributed by atoms with Crippen LogP contribution in [0.25, 0.3) is 0 Å². The third-order valence-corrected chi connectivity index (χ3v) is 3.98. The Bertz CT molecular complexity index is 430. The first-order chi connectivity index (χ1) is 8.50. The Kier molecular flexibility index (Phi) is 4.07. The molecule has 1 aromatic rings. The van der Waals surface area contributed by atoms with E-state index in [1.165, 1.54) is 0 Å². The predicted molar refractivity (Wildman–Crippen MR) is 76.1 cm³/mol. The van der Waals surface area contributed by atoms with E-state index in [0.717, 1.165) is 16.5 Å². The molecule has 0 spiro atoms. The Morgan fingerprint density at radius 2 is 1.94 bits per heavy atom. The van der Waals surface area contributed by atoms with E-state index in [1.54, 1.807) is 0 Å². The third kappa shape index (κ3) is 2.59. The summed E-state index contributed by atoms with van der Waals surface area (Å²) in [6, 6.07) is 8.29.